The van der Waals surface area contributed by atoms with Crippen molar-refractivity contribution in [2.45, 2.75) is 55.4 Å². The summed E-state index contributed by atoms with van der Waals surface area (Å²) >= 11 is -1.65. The molecule has 0 bridgehead atoms. The van der Waals surface area contributed by atoms with E-state index < -0.39 is 32.0 Å². The normalized spacial score (nSPS) is 12.8. The summed E-state index contributed by atoms with van der Waals surface area (Å²) in [5, 5.41) is 2.13. The first-order chi connectivity index (χ1) is 17.7. The Bertz CT molecular complexity index is 988. The maximum absolute atomic E-state index is 6.71. The predicted octanol–water partition coefficient (Wildman–Crippen LogP) is 5.51. The number of hydrogen-bond donors (Lipinski definition) is 0. The van der Waals surface area contributed by atoms with Crippen LogP contribution in [0.4, 0.5) is 11.4 Å². The van der Waals surface area contributed by atoms with Gasteiger partial charge in [-0.1, -0.05) is 0 Å². The van der Waals surface area contributed by atoms with Gasteiger partial charge in [0.25, 0.3) is 0 Å². The van der Waals surface area contributed by atoms with Crippen LogP contribution in [-0.4, -0.2) is 58.2 Å². The third-order valence-corrected chi connectivity index (χ3v) is 10.3. The number of rotatable bonds is 14. The minimum atomic E-state index is -0.827. The summed E-state index contributed by atoms with van der Waals surface area (Å²) in [4.78, 5) is 9.93. The first-order valence-corrected chi connectivity index (χ1v) is 17.2. The van der Waals surface area contributed by atoms with Gasteiger partial charge in [0.1, 0.15) is 0 Å². The molecule has 37 heavy (non-hydrogen) atoms. The Morgan fingerprint density at radius 3 is 1.30 bits per heavy atom. The molecule has 2 rings (SSSR count). The summed E-state index contributed by atoms with van der Waals surface area (Å²) in [5.41, 5.74) is 2.39. The van der Waals surface area contributed by atoms with E-state index in [0.717, 1.165) is 36.9 Å². The third kappa shape index (κ3) is 12.2. The summed E-state index contributed by atoms with van der Waals surface area (Å²) in [6, 6.07) is 21.3. The average molecular weight is 624 g/mol. The number of nitrogens with zero attached hydrogens (tertiary/aromatic N) is 4. The van der Waals surface area contributed by atoms with Crippen molar-refractivity contribution in [2.24, 2.45) is 33.7 Å². The molecule has 0 unspecified atom stereocenters. The molecule has 4 radical (unpaired) electrons. The van der Waals surface area contributed by atoms with Crippen molar-refractivity contribution < 1.29 is 2.79 Å². The quantitative estimate of drug-likeness (QED) is 0.261. The molecule has 0 heterocycles. The topological polar surface area (TPSA) is 40.4 Å². The van der Waals surface area contributed by atoms with Gasteiger partial charge in [0.2, 0.25) is 0 Å². The van der Waals surface area contributed by atoms with Crippen molar-refractivity contribution in [3.8, 4) is 0 Å². The predicted molar refractivity (Wildman–Crippen MR) is 160 cm³/mol. The first-order valence-electron chi connectivity index (χ1n) is 13.6. The van der Waals surface area contributed by atoms with E-state index in [9.17, 15) is 0 Å². The zero-order valence-corrected chi connectivity index (χ0v) is 28.3. The fourth-order valence-corrected chi connectivity index (χ4v) is 10.0. The molecule has 5 nitrogen and oxygen atoms in total. The molecule has 0 aromatic heterocycles. The van der Waals surface area contributed by atoms with Crippen LogP contribution in [0.15, 0.2) is 70.6 Å². The van der Waals surface area contributed by atoms with E-state index >= 15 is 0 Å². The summed E-state index contributed by atoms with van der Waals surface area (Å²) in [6.45, 7) is 21.6. The van der Waals surface area contributed by atoms with Crippen molar-refractivity contribution in [3.05, 3.63) is 71.4 Å². The molecular weight excluding hydrogens is 578 g/mol. The summed E-state index contributed by atoms with van der Waals surface area (Å²) in [5.74, 6) is 2.14. The van der Waals surface area contributed by atoms with Crippen LogP contribution >= 0.6 is 0 Å². The van der Waals surface area contributed by atoms with E-state index in [1.54, 1.807) is 0 Å². The molecule has 0 amide bonds. The van der Waals surface area contributed by atoms with E-state index in [1.807, 2.05) is 0 Å². The zero-order chi connectivity index (χ0) is 27.2. The number of hydrogen-bond acceptors (Lipinski definition) is 5. The van der Waals surface area contributed by atoms with Crippen LogP contribution in [0.25, 0.3) is 0 Å². The van der Waals surface area contributed by atoms with Crippen LogP contribution in [0.2, 0.25) is 0 Å². The van der Waals surface area contributed by atoms with Crippen molar-refractivity contribution >= 4 is 43.4 Å². The molecule has 0 fully saturated rings. The van der Waals surface area contributed by atoms with E-state index in [2.05, 4.69) is 124 Å². The van der Waals surface area contributed by atoms with Gasteiger partial charge in [-0.3, -0.25) is 0 Å². The van der Waals surface area contributed by atoms with Gasteiger partial charge in [0.05, 0.1) is 0 Å². The maximum atomic E-state index is 6.71. The van der Waals surface area contributed by atoms with Gasteiger partial charge in [-0.15, -0.1) is 0 Å². The SMILES string of the molecule is CC(C)CN=c1cccccc1[N](CC(C)C)[Ge][O][Ge][N](CC(C)C)c1cccccc1=NCC(C)C. The minimum absolute atomic E-state index is 0.531. The Morgan fingerprint density at radius 1 is 0.568 bits per heavy atom. The van der Waals surface area contributed by atoms with Gasteiger partial charge < -0.3 is 0 Å². The van der Waals surface area contributed by atoms with Crippen LogP contribution in [0.1, 0.15) is 55.4 Å². The molecule has 0 saturated heterocycles. The Kier molecular flexibility index (Phi) is 14.6. The van der Waals surface area contributed by atoms with Crippen LogP contribution in [0.3, 0.4) is 0 Å². The standard InChI is InChI=1S/C30H46Ge2N4O/c1-23(2)19-33-27-15-11-9-13-17-29(27)35(21-25(5)6)31-37-32-36(22-26(7)8)30-18-14-10-12-16-28(30)34-20-24(3)4/h9-18,23-26H,19-22H2,1-8H3. The molecule has 0 saturated carbocycles. The second-order valence-electron chi connectivity index (χ2n) is 11.1. The van der Waals surface area contributed by atoms with E-state index in [1.165, 1.54) is 11.4 Å². The van der Waals surface area contributed by atoms with Crippen LogP contribution < -0.4 is 18.4 Å². The van der Waals surface area contributed by atoms with Crippen LogP contribution in [0.5, 0.6) is 0 Å². The Balaban J connectivity index is 2.35. The fourth-order valence-electron chi connectivity index (χ4n) is 3.57. The van der Waals surface area contributed by atoms with Gasteiger partial charge in [0, 0.05) is 0 Å². The fraction of sp³-hybridized carbons (Fsp3) is 0.533. The molecule has 2 aromatic carbocycles. The first kappa shape index (κ1) is 31.6. The monoisotopic (exact) mass is 626 g/mol. The van der Waals surface area contributed by atoms with Crippen molar-refractivity contribution in [1.29, 1.82) is 0 Å². The summed E-state index contributed by atoms with van der Waals surface area (Å²) in [7, 11) is 0. The van der Waals surface area contributed by atoms with Gasteiger partial charge in [0.15, 0.2) is 0 Å². The van der Waals surface area contributed by atoms with Crippen molar-refractivity contribution in [3.63, 3.8) is 0 Å². The van der Waals surface area contributed by atoms with Crippen molar-refractivity contribution in [1.82, 2.24) is 0 Å². The van der Waals surface area contributed by atoms with Crippen LogP contribution in [-0.2, 0) is 2.79 Å². The second kappa shape index (κ2) is 17.1. The van der Waals surface area contributed by atoms with E-state index in [0.29, 0.717) is 23.7 Å². The van der Waals surface area contributed by atoms with E-state index in [4.69, 9.17) is 12.8 Å². The number of anilines is 2. The molecule has 0 aliphatic carbocycles. The van der Waals surface area contributed by atoms with Crippen LogP contribution in [0, 0.1) is 23.7 Å². The molecule has 0 atom stereocenters. The van der Waals surface area contributed by atoms with E-state index in [-0.39, 0.29) is 0 Å². The van der Waals surface area contributed by atoms with Gasteiger partial charge in [-0.05, 0) is 0 Å². The van der Waals surface area contributed by atoms with Crippen molar-refractivity contribution in [2.75, 3.05) is 33.9 Å². The molecule has 0 N–H and O–H groups in total. The average Bonchev–Trinajstić information content (AvgIpc) is 3.20. The third-order valence-electron chi connectivity index (χ3n) is 5.23. The summed E-state index contributed by atoms with van der Waals surface area (Å²) < 4.78 is 11.7. The van der Waals surface area contributed by atoms with Gasteiger partial charge >= 0.3 is 240 Å². The van der Waals surface area contributed by atoms with Gasteiger partial charge in [-0.25, -0.2) is 0 Å². The van der Waals surface area contributed by atoms with Gasteiger partial charge in [-0.2, -0.15) is 0 Å². The molecule has 0 aliphatic heterocycles. The molecular formula is C30H46Ge2N4O. The zero-order valence-electron chi connectivity index (χ0n) is 24.1. The summed E-state index contributed by atoms with van der Waals surface area (Å²) in [6.07, 6.45) is 0. The molecule has 200 valence electrons. The molecule has 0 spiro atoms. The molecule has 0 aliphatic rings. The Morgan fingerprint density at radius 2 is 0.946 bits per heavy atom. The molecule has 7 heteroatoms. The Hall–Kier alpha value is -1.57. The Labute approximate surface area is 239 Å². The molecule has 2 aromatic rings. The second-order valence-corrected chi connectivity index (χ2v) is 16.8.